The second-order valence-corrected chi connectivity index (χ2v) is 4.46. The predicted molar refractivity (Wildman–Crippen MR) is 81.2 cm³/mol. The Bertz CT molecular complexity index is 803. The molecule has 2 heterocycles. The molecule has 0 atom stereocenters. The molecule has 3 aromatic rings. The lowest BCUT2D eigenvalue weighted by Crippen LogP contribution is -2.16. The molecule has 1 amide bonds. The maximum Gasteiger partial charge on any atom is 0.307 e. The lowest BCUT2D eigenvalue weighted by Gasteiger charge is -2.00. The van der Waals surface area contributed by atoms with Gasteiger partial charge >= 0.3 is 5.91 Å². The van der Waals surface area contributed by atoms with Crippen LogP contribution in [0.25, 0.3) is 11.0 Å². The number of carbonyl (C=O) groups excluding carboxylic acids is 1. The quantitative estimate of drug-likeness (QED) is 0.579. The van der Waals surface area contributed by atoms with E-state index in [1.165, 1.54) is 12.5 Å². The van der Waals surface area contributed by atoms with E-state index in [0.29, 0.717) is 18.0 Å². The zero-order valence-electron chi connectivity index (χ0n) is 11.9. The van der Waals surface area contributed by atoms with Crippen molar-refractivity contribution in [2.45, 2.75) is 6.92 Å². The zero-order chi connectivity index (χ0) is 15.4. The highest BCUT2D eigenvalue weighted by Gasteiger charge is 2.12. The van der Waals surface area contributed by atoms with E-state index in [1.807, 2.05) is 13.0 Å². The molecule has 3 rings (SSSR count). The number of benzene rings is 1. The van der Waals surface area contributed by atoms with Crippen LogP contribution < -0.4 is 10.2 Å². The van der Waals surface area contributed by atoms with E-state index < -0.39 is 5.91 Å². The fourth-order valence-electron chi connectivity index (χ4n) is 1.96. The number of hydrogen-bond donors (Lipinski definition) is 1. The minimum atomic E-state index is -0.433. The van der Waals surface area contributed by atoms with Crippen molar-refractivity contribution in [3.05, 3.63) is 54.2 Å². The second kappa shape index (κ2) is 6.17. The third-order valence-corrected chi connectivity index (χ3v) is 2.92. The summed E-state index contributed by atoms with van der Waals surface area (Å²) in [6, 6.07) is 10.5. The summed E-state index contributed by atoms with van der Waals surface area (Å²) < 4.78 is 16.0. The van der Waals surface area contributed by atoms with E-state index in [0.717, 1.165) is 11.1 Å². The summed E-state index contributed by atoms with van der Waals surface area (Å²) in [6.45, 7) is 2.49. The third-order valence-electron chi connectivity index (χ3n) is 2.92. The van der Waals surface area contributed by atoms with Gasteiger partial charge in [0.05, 0.1) is 19.1 Å². The Morgan fingerprint density at radius 3 is 3.05 bits per heavy atom. The topological polar surface area (TPSA) is 77.0 Å². The average molecular weight is 298 g/mol. The number of nitrogens with zero attached hydrogens (tertiary/aromatic N) is 1. The summed E-state index contributed by atoms with van der Waals surface area (Å²) in [5.41, 5.74) is 3.00. The molecule has 0 fully saturated rings. The van der Waals surface area contributed by atoms with Gasteiger partial charge in [0.25, 0.3) is 0 Å². The first-order chi connectivity index (χ1) is 10.8. The minimum absolute atomic E-state index is 0.181. The Kier molecular flexibility index (Phi) is 3.91. The van der Waals surface area contributed by atoms with Crippen LogP contribution in [0.15, 0.2) is 56.6 Å². The lowest BCUT2D eigenvalue weighted by atomic mass is 10.2. The van der Waals surface area contributed by atoms with Gasteiger partial charge < -0.3 is 13.6 Å². The van der Waals surface area contributed by atoms with Crippen molar-refractivity contribution in [1.29, 1.82) is 0 Å². The van der Waals surface area contributed by atoms with Crippen LogP contribution in [-0.2, 0) is 0 Å². The molecular weight excluding hydrogens is 284 g/mol. The molecule has 2 aromatic heterocycles. The first-order valence-electron chi connectivity index (χ1n) is 6.79. The van der Waals surface area contributed by atoms with Gasteiger partial charge in [0.15, 0.2) is 5.76 Å². The molecule has 0 saturated heterocycles. The van der Waals surface area contributed by atoms with E-state index in [2.05, 4.69) is 10.5 Å². The largest absolute Gasteiger partial charge is 0.494 e. The average Bonchev–Trinajstić information content (AvgIpc) is 3.16. The van der Waals surface area contributed by atoms with E-state index in [-0.39, 0.29) is 5.76 Å². The molecule has 6 heteroatoms. The first-order valence-corrected chi connectivity index (χ1v) is 6.79. The van der Waals surface area contributed by atoms with Crippen molar-refractivity contribution in [1.82, 2.24) is 5.43 Å². The van der Waals surface area contributed by atoms with Crippen LogP contribution in [0.5, 0.6) is 5.75 Å². The molecule has 1 N–H and O–H groups in total. The summed E-state index contributed by atoms with van der Waals surface area (Å²) in [6.07, 6.45) is 2.94. The van der Waals surface area contributed by atoms with Crippen molar-refractivity contribution in [2.24, 2.45) is 5.10 Å². The molecule has 6 nitrogen and oxygen atoms in total. The maximum absolute atomic E-state index is 12.0. The van der Waals surface area contributed by atoms with Gasteiger partial charge in [-0.05, 0) is 43.3 Å². The number of hydrazone groups is 1. The number of carbonyl (C=O) groups is 1. The summed E-state index contributed by atoms with van der Waals surface area (Å²) in [5.74, 6) is 1.03. The highest BCUT2D eigenvalue weighted by atomic mass is 16.5. The van der Waals surface area contributed by atoms with Gasteiger partial charge in [-0.25, -0.2) is 5.43 Å². The van der Waals surface area contributed by atoms with Crippen LogP contribution >= 0.6 is 0 Å². The van der Waals surface area contributed by atoms with Gasteiger partial charge in [-0.1, -0.05) is 0 Å². The highest BCUT2D eigenvalue weighted by Crippen LogP contribution is 2.24. The van der Waals surface area contributed by atoms with Crippen LogP contribution in [0.2, 0.25) is 0 Å². The molecular formula is C16H14N2O4. The normalized spacial score (nSPS) is 11.1. The summed E-state index contributed by atoms with van der Waals surface area (Å²) >= 11 is 0. The third kappa shape index (κ3) is 3.01. The van der Waals surface area contributed by atoms with Crippen LogP contribution in [-0.4, -0.2) is 18.7 Å². The molecule has 0 unspecified atom stereocenters. The van der Waals surface area contributed by atoms with E-state index >= 15 is 0 Å². The minimum Gasteiger partial charge on any atom is -0.494 e. The van der Waals surface area contributed by atoms with Gasteiger partial charge in [0, 0.05) is 5.39 Å². The molecule has 0 aliphatic heterocycles. The number of rotatable bonds is 5. The fraction of sp³-hybridized carbons (Fsp3) is 0.125. The van der Waals surface area contributed by atoms with E-state index in [4.69, 9.17) is 13.6 Å². The van der Waals surface area contributed by atoms with Crippen LogP contribution in [0.1, 0.15) is 23.2 Å². The molecule has 112 valence electrons. The second-order valence-electron chi connectivity index (χ2n) is 4.46. The molecule has 0 saturated carbocycles. The highest BCUT2D eigenvalue weighted by molar-refractivity contribution is 5.96. The molecule has 0 aliphatic rings. The Morgan fingerprint density at radius 1 is 1.36 bits per heavy atom. The van der Waals surface area contributed by atoms with Crippen LogP contribution in [0.3, 0.4) is 0 Å². The zero-order valence-corrected chi connectivity index (χ0v) is 11.9. The summed E-state index contributed by atoms with van der Waals surface area (Å²) in [4.78, 5) is 12.0. The van der Waals surface area contributed by atoms with Crippen LogP contribution in [0, 0.1) is 0 Å². The molecule has 1 aromatic carbocycles. The number of nitrogens with one attached hydrogen (secondary N) is 1. The van der Waals surface area contributed by atoms with Gasteiger partial charge in [-0.15, -0.1) is 0 Å². The van der Waals surface area contributed by atoms with Crippen molar-refractivity contribution < 1.29 is 18.4 Å². The van der Waals surface area contributed by atoms with Crippen molar-refractivity contribution in [3.63, 3.8) is 0 Å². The SMILES string of the molecule is CCOc1ccc2oc(C(=O)N/N=C/c3ccco3)cc2c1. The maximum atomic E-state index is 12.0. The van der Waals surface area contributed by atoms with Crippen LogP contribution in [0.4, 0.5) is 0 Å². The van der Waals surface area contributed by atoms with Gasteiger partial charge in [-0.2, -0.15) is 5.10 Å². The summed E-state index contributed by atoms with van der Waals surface area (Å²) in [5, 5.41) is 4.60. The summed E-state index contributed by atoms with van der Waals surface area (Å²) in [7, 11) is 0. The van der Waals surface area contributed by atoms with Crippen molar-refractivity contribution >= 4 is 23.1 Å². The molecule has 0 radical (unpaired) electrons. The Morgan fingerprint density at radius 2 is 2.27 bits per heavy atom. The molecule has 0 spiro atoms. The first kappa shape index (κ1) is 13.9. The van der Waals surface area contributed by atoms with Crippen molar-refractivity contribution in [3.8, 4) is 5.75 Å². The van der Waals surface area contributed by atoms with Gasteiger partial charge in [0.1, 0.15) is 17.1 Å². The van der Waals surface area contributed by atoms with Gasteiger partial charge in [-0.3, -0.25) is 4.79 Å². The fourth-order valence-corrected chi connectivity index (χ4v) is 1.96. The molecule has 0 bridgehead atoms. The van der Waals surface area contributed by atoms with E-state index in [9.17, 15) is 4.79 Å². The number of fused-ring (bicyclic) bond motifs is 1. The Labute approximate surface area is 126 Å². The number of hydrogen-bond acceptors (Lipinski definition) is 5. The lowest BCUT2D eigenvalue weighted by molar-refractivity contribution is 0.0929. The predicted octanol–water partition coefficient (Wildman–Crippen LogP) is 3.19. The van der Waals surface area contributed by atoms with E-state index in [1.54, 1.807) is 30.3 Å². The number of furan rings is 2. The van der Waals surface area contributed by atoms with Crippen molar-refractivity contribution in [2.75, 3.05) is 6.61 Å². The smallest absolute Gasteiger partial charge is 0.307 e. The standard InChI is InChI=1S/C16H14N2O4/c1-2-20-12-5-6-14-11(8-12)9-15(22-14)16(19)18-17-10-13-4-3-7-21-13/h3-10H,2H2,1H3,(H,18,19)/b17-10+. The number of ether oxygens (including phenoxy) is 1. The molecule has 0 aliphatic carbocycles. The Hall–Kier alpha value is -3.02. The number of amides is 1. The Balaban J connectivity index is 1.73. The molecule has 22 heavy (non-hydrogen) atoms. The van der Waals surface area contributed by atoms with Gasteiger partial charge in [0.2, 0.25) is 0 Å². The monoisotopic (exact) mass is 298 g/mol.